The van der Waals surface area contributed by atoms with Crippen LogP contribution in [0.25, 0.3) is 6.08 Å². The molecule has 2 aliphatic heterocycles. The summed E-state index contributed by atoms with van der Waals surface area (Å²) in [7, 11) is 0. The molecule has 1 fully saturated rings. The van der Waals surface area contributed by atoms with E-state index >= 15 is 0 Å². The van der Waals surface area contributed by atoms with Gasteiger partial charge in [-0.25, -0.2) is 4.79 Å². The third-order valence-electron chi connectivity index (χ3n) is 4.23. The molecule has 0 aliphatic carbocycles. The van der Waals surface area contributed by atoms with Crippen molar-refractivity contribution >= 4 is 52.1 Å². The first-order valence-electron chi connectivity index (χ1n) is 8.57. The highest BCUT2D eigenvalue weighted by Gasteiger charge is 2.26. The van der Waals surface area contributed by atoms with Crippen LogP contribution in [-0.2, 0) is 4.79 Å². The number of thioether (sulfide) groups is 1. The lowest BCUT2D eigenvalue weighted by atomic mass is 10.1. The zero-order valence-electron chi connectivity index (χ0n) is 14.9. The number of nitrogens with one attached hydrogen (secondary N) is 1. The fourth-order valence-electron chi connectivity index (χ4n) is 2.85. The van der Waals surface area contributed by atoms with E-state index in [4.69, 9.17) is 21.7 Å². The van der Waals surface area contributed by atoms with Gasteiger partial charge < -0.3 is 14.8 Å². The van der Waals surface area contributed by atoms with Crippen LogP contribution in [-0.4, -0.2) is 29.5 Å². The SMILES string of the molecule is Cc1ccc(OC(=O)N2CCOc3ccc(/C=C4\SC(=S)NC4=O)cc32)cc1. The van der Waals surface area contributed by atoms with E-state index in [9.17, 15) is 9.59 Å². The van der Waals surface area contributed by atoms with E-state index in [0.717, 1.165) is 11.1 Å². The normalized spacial score (nSPS) is 17.2. The summed E-state index contributed by atoms with van der Waals surface area (Å²) in [5.74, 6) is 0.849. The molecule has 142 valence electrons. The van der Waals surface area contributed by atoms with Crippen LogP contribution in [0.2, 0.25) is 0 Å². The predicted molar refractivity (Wildman–Crippen MR) is 113 cm³/mol. The molecule has 4 rings (SSSR count). The maximum absolute atomic E-state index is 12.7. The zero-order chi connectivity index (χ0) is 19.7. The zero-order valence-corrected chi connectivity index (χ0v) is 16.6. The van der Waals surface area contributed by atoms with Crippen LogP contribution in [0, 0.1) is 6.92 Å². The molecular weight excluding hydrogens is 396 g/mol. The van der Waals surface area contributed by atoms with Gasteiger partial charge >= 0.3 is 6.09 Å². The van der Waals surface area contributed by atoms with E-state index in [1.54, 1.807) is 30.3 Å². The Morgan fingerprint density at radius 3 is 2.79 bits per heavy atom. The number of aryl methyl sites for hydroxylation is 1. The van der Waals surface area contributed by atoms with Gasteiger partial charge in [-0.3, -0.25) is 9.69 Å². The van der Waals surface area contributed by atoms with Crippen LogP contribution in [0.5, 0.6) is 11.5 Å². The number of carbonyl (C=O) groups excluding carboxylic acids is 2. The minimum atomic E-state index is -0.479. The number of hydrogen-bond donors (Lipinski definition) is 1. The molecule has 2 heterocycles. The minimum absolute atomic E-state index is 0.223. The summed E-state index contributed by atoms with van der Waals surface area (Å²) in [6, 6.07) is 12.7. The fraction of sp³-hybridized carbons (Fsp3) is 0.150. The van der Waals surface area contributed by atoms with Crippen LogP contribution in [0.15, 0.2) is 47.4 Å². The Morgan fingerprint density at radius 1 is 1.29 bits per heavy atom. The van der Waals surface area contributed by atoms with E-state index in [2.05, 4.69) is 5.32 Å². The summed E-state index contributed by atoms with van der Waals surface area (Å²) in [6.45, 7) is 2.72. The van der Waals surface area contributed by atoms with Crippen molar-refractivity contribution < 1.29 is 19.1 Å². The van der Waals surface area contributed by atoms with Gasteiger partial charge in [0.05, 0.1) is 17.1 Å². The molecule has 0 saturated carbocycles. The average molecular weight is 412 g/mol. The number of fused-ring (bicyclic) bond motifs is 1. The number of anilines is 1. The summed E-state index contributed by atoms with van der Waals surface area (Å²) >= 11 is 6.22. The van der Waals surface area contributed by atoms with E-state index in [1.165, 1.54) is 16.7 Å². The number of thiocarbonyl (C=S) groups is 1. The maximum Gasteiger partial charge on any atom is 0.419 e. The lowest BCUT2D eigenvalue weighted by Crippen LogP contribution is -2.39. The van der Waals surface area contributed by atoms with Crippen molar-refractivity contribution in [3.05, 3.63) is 58.5 Å². The highest BCUT2D eigenvalue weighted by Crippen LogP contribution is 2.35. The molecule has 8 heteroatoms. The lowest BCUT2D eigenvalue weighted by Gasteiger charge is -2.29. The maximum atomic E-state index is 12.7. The van der Waals surface area contributed by atoms with Crippen LogP contribution in [0.4, 0.5) is 10.5 Å². The fourth-order valence-corrected chi connectivity index (χ4v) is 3.89. The van der Waals surface area contributed by atoms with Gasteiger partial charge in [0.25, 0.3) is 5.91 Å². The number of nitrogens with zero attached hydrogens (tertiary/aromatic N) is 1. The van der Waals surface area contributed by atoms with Crippen molar-refractivity contribution in [3.8, 4) is 11.5 Å². The second-order valence-electron chi connectivity index (χ2n) is 6.26. The molecule has 1 N–H and O–H groups in total. The highest BCUT2D eigenvalue weighted by molar-refractivity contribution is 8.26. The largest absolute Gasteiger partial charge is 0.490 e. The van der Waals surface area contributed by atoms with Crippen molar-refractivity contribution in [2.45, 2.75) is 6.92 Å². The van der Waals surface area contributed by atoms with E-state index in [-0.39, 0.29) is 5.91 Å². The van der Waals surface area contributed by atoms with Gasteiger partial charge in [0.1, 0.15) is 22.4 Å². The molecule has 0 aromatic heterocycles. The first kappa shape index (κ1) is 18.5. The minimum Gasteiger partial charge on any atom is -0.490 e. The monoisotopic (exact) mass is 412 g/mol. The molecule has 2 aromatic carbocycles. The Hall–Kier alpha value is -2.84. The first-order valence-corrected chi connectivity index (χ1v) is 9.80. The molecule has 0 radical (unpaired) electrons. The molecule has 1 saturated heterocycles. The van der Waals surface area contributed by atoms with Crippen LogP contribution < -0.4 is 19.7 Å². The smallest absolute Gasteiger partial charge is 0.419 e. The Labute approximate surface area is 171 Å². The molecule has 6 nitrogen and oxygen atoms in total. The van der Waals surface area contributed by atoms with Crippen LogP contribution >= 0.6 is 24.0 Å². The Bertz CT molecular complexity index is 1000. The lowest BCUT2D eigenvalue weighted by molar-refractivity contribution is -0.115. The van der Waals surface area contributed by atoms with Gasteiger partial charge in [0.2, 0.25) is 0 Å². The molecule has 0 bridgehead atoms. The second kappa shape index (κ2) is 7.65. The van der Waals surface area contributed by atoms with Gasteiger partial charge in [-0.15, -0.1) is 0 Å². The van der Waals surface area contributed by atoms with Crippen LogP contribution in [0.3, 0.4) is 0 Å². The van der Waals surface area contributed by atoms with Crippen molar-refractivity contribution in [2.24, 2.45) is 0 Å². The summed E-state index contributed by atoms with van der Waals surface area (Å²) < 4.78 is 11.6. The molecule has 2 aliphatic rings. The van der Waals surface area contributed by atoms with E-state index in [0.29, 0.717) is 39.6 Å². The van der Waals surface area contributed by atoms with Gasteiger partial charge in [-0.05, 0) is 42.8 Å². The first-order chi connectivity index (χ1) is 13.5. The molecule has 2 aromatic rings. The molecule has 0 spiro atoms. The standard InChI is InChI=1S/C20H16N2O4S2/c1-12-2-5-14(6-3-12)26-20(24)22-8-9-25-16-7-4-13(10-15(16)22)11-17-18(23)21-19(27)28-17/h2-7,10-11H,8-9H2,1H3,(H,21,23,27)/b17-11-. The number of carbonyl (C=O) groups is 2. The van der Waals surface area contributed by atoms with Gasteiger partial charge in [0, 0.05) is 0 Å². The Kier molecular flexibility index (Phi) is 5.06. The molecule has 0 atom stereocenters. The van der Waals surface area contributed by atoms with Crippen LogP contribution in [0.1, 0.15) is 11.1 Å². The number of benzene rings is 2. The Balaban J connectivity index is 1.60. The third kappa shape index (κ3) is 3.88. The Morgan fingerprint density at radius 2 is 2.07 bits per heavy atom. The number of rotatable bonds is 2. The van der Waals surface area contributed by atoms with E-state index in [1.807, 2.05) is 25.1 Å². The molecule has 28 heavy (non-hydrogen) atoms. The summed E-state index contributed by atoms with van der Waals surface area (Å²) in [5, 5.41) is 2.59. The second-order valence-corrected chi connectivity index (χ2v) is 7.98. The van der Waals surface area contributed by atoms with E-state index < -0.39 is 6.09 Å². The van der Waals surface area contributed by atoms with Gasteiger partial charge in [-0.2, -0.15) is 0 Å². The van der Waals surface area contributed by atoms with Gasteiger partial charge in [-0.1, -0.05) is 47.7 Å². The average Bonchev–Trinajstić information content (AvgIpc) is 3.00. The van der Waals surface area contributed by atoms with Crippen molar-refractivity contribution in [3.63, 3.8) is 0 Å². The predicted octanol–water partition coefficient (Wildman–Crippen LogP) is 3.88. The number of amides is 2. The van der Waals surface area contributed by atoms with Crippen molar-refractivity contribution in [2.75, 3.05) is 18.1 Å². The molecule has 0 unspecified atom stereocenters. The highest BCUT2D eigenvalue weighted by atomic mass is 32.2. The summed E-state index contributed by atoms with van der Waals surface area (Å²) in [6.07, 6.45) is 1.25. The number of ether oxygens (including phenoxy) is 2. The summed E-state index contributed by atoms with van der Waals surface area (Å²) in [4.78, 5) is 26.6. The van der Waals surface area contributed by atoms with Crippen molar-refractivity contribution in [1.82, 2.24) is 5.32 Å². The summed E-state index contributed by atoms with van der Waals surface area (Å²) in [5.41, 5.74) is 2.45. The van der Waals surface area contributed by atoms with Crippen molar-refractivity contribution in [1.29, 1.82) is 0 Å². The topological polar surface area (TPSA) is 67.9 Å². The molecular formula is C20H16N2O4S2. The van der Waals surface area contributed by atoms with Gasteiger partial charge in [0.15, 0.2) is 0 Å². The molecule has 2 amide bonds. The quantitative estimate of drug-likeness (QED) is 0.596. The third-order valence-corrected chi connectivity index (χ3v) is 5.40. The number of hydrogen-bond acceptors (Lipinski definition) is 6.